The van der Waals surface area contributed by atoms with Crippen LogP contribution in [0.5, 0.6) is 0 Å². The molecule has 29 heavy (non-hydrogen) atoms. The van der Waals surface area contributed by atoms with Crippen molar-refractivity contribution in [3.05, 3.63) is 54.0 Å². The summed E-state index contributed by atoms with van der Waals surface area (Å²) in [6, 6.07) is 9.43. The Morgan fingerprint density at radius 1 is 1.00 bits per heavy atom. The van der Waals surface area contributed by atoms with Crippen molar-refractivity contribution in [2.45, 2.75) is 25.7 Å². The lowest BCUT2D eigenvalue weighted by molar-refractivity contribution is -0.120. The van der Waals surface area contributed by atoms with E-state index in [1.807, 2.05) is 11.0 Å². The van der Waals surface area contributed by atoms with E-state index in [-0.39, 0.29) is 23.5 Å². The Hall–Kier alpha value is -2.96. The zero-order valence-electron chi connectivity index (χ0n) is 16.3. The minimum atomic E-state index is -0.325. The highest BCUT2D eigenvalue weighted by Crippen LogP contribution is 2.24. The minimum absolute atomic E-state index is 0.0396. The topological polar surface area (TPSA) is 65.5 Å². The van der Waals surface area contributed by atoms with Crippen LogP contribution in [0.15, 0.2) is 42.6 Å². The Labute approximate surface area is 169 Å². The van der Waals surface area contributed by atoms with Crippen LogP contribution < -0.4 is 10.2 Å². The first-order valence-corrected chi connectivity index (χ1v) is 10.2. The lowest BCUT2D eigenvalue weighted by Gasteiger charge is -2.32. The third-order valence-electron chi connectivity index (χ3n) is 5.69. The van der Waals surface area contributed by atoms with Crippen LogP contribution in [-0.4, -0.2) is 47.9 Å². The van der Waals surface area contributed by atoms with Gasteiger partial charge in [0.2, 0.25) is 5.91 Å². The van der Waals surface area contributed by atoms with Gasteiger partial charge in [-0.2, -0.15) is 0 Å². The number of nitrogens with one attached hydrogen (secondary N) is 1. The lowest BCUT2D eigenvalue weighted by atomic mass is 9.95. The zero-order valence-corrected chi connectivity index (χ0v) is 16.3. The van der Waals surface area contributed by atoms with Crippen LogP contribution in [0, 0.1) is 11.7 Å². The quantitative estimate of drug-likeness (QED) is 0.861. The molecular formula is C22H25FN4O2. The molecule has 0 atom stereocenters. The number of aromatic nitrogens is 1. The summed E-state index contributed by atoms with van der Waals surface area (Å²) < 4.78 is 13.0. The molecule has 152 valence electrons. The monoisotopic (exact) mass is 396 g/mol. The van der Waals surface area contributed by atoms with Crippen molar-refractivity contribution in [2.24, 2.45) is 5.92 Å². The maximum atomic E-state index is 13.0. The fourth-order valence-electron chi connectivity index (χ4n) is 3.98. The molecule has 2 aliphatic heterocycles. The van der Waals surface area contributed by atoms with Gasteiger partial charge in [0.1, 0.15) is 11.6 Å². The van der Waals surface area contributed by atoms with Gasteiger partial charge in [-0.25, -0.2) is 9.37 Å². The summed E-state index contributed by atoms with van der Waals surface area (Å²) in [5.41, 5.74) is 1.28. The molecule has 0 unspecified atom stereocenters. The first kappa shape index (κ1) is 19.4. The number of likely N-dealkylation sites (tertiary alicyclic amines) is 1. The van der Waals surface area contributed by atoms with Gasteiger partial charge in [-0.05, 0) is 62.1 Å². The van der Waals surface area contributed by atoms with E-state index in [0.29, 0.717) is 37.2 Å². The summed E-state index contributed by atoms with van der Waals surface area (Å²) in [6.07, 6.45) is 5.23. The molecule has 0 spiro atoms. The molecule has 0 bridgehead atoms. The first-order valence-electron chi connectivity index (χ1n) is 10.2. The van der Waals surface area contributed by atoms with Crippen molar-refractivity contribution < 1.29 is 14.0 Å². The van der Waals surface area contributed by atoms with Gasteiger partial charge < -0.3 is 15.1 Å². The molecule has 2 fully saturated rings. The van der Waals surface area contributed by atoms with Gasteiger partial charge >= 0.3 is 0 Å². The number of carbonyl (C=O) groups excluding carboxylic acids is 2. The second-order valence-electron chi connectivity index (χ2n) is 7.66. The molecule has 7 heteroatoms. The largest absolute Gasteiger partial charge is 0.357 e. The van der Waals surface area contributed by atoms with Gasteiger partial charge in [0.25, 0.3) is 5.91 Å². The van der Waals surface area contributed by atoms with E-state index in [1.54, 1.807) is 24.4 Å². The lowest BCUT2D eigenvalue weighted by Crippen LogP contribution is -2.38. The van der Waals surface area contributed by atoms with Gasteiger partial charge in [-0.3, -0.25) is 9.59 Å². The number of benzene rings is 1. The number of carbonyl (C=O) groups is 2. The average Bonchev–Trinajstić information content (AvgIpc) is 3.30. The summed E-state index contributed by atoms with van der Waals surface area (Å²) >= 11 is 0. The summed E-state index contributed by atoms with van der Waals surface area (Å²) in [5.74, 6) is 0.397. The highest BCUT2D eigenvalue weighted by atomic mass is 19.1. The van der Waals surface area contributed by atoms with Crippen molar-refractivity contribution in [3.63, 3.8) is 0 Å². The van der Waals surface area contributed by atoms with Crippen LogP contribution in [0.1, 0.15) is 36.0 Å². The molecule has 1 aromatic carbocycles. The van der Waals surface area contributed by atoms with Crippen LogP contribution in [0.4, 0.5) is 15.9 Å². The molecule has 3 heterocycles. The van der Waals surface area contributed by atoms with E-state index < -0.39 is 0 Å². The van der Waals surface area contributed by atoms with Crippen LogP contribution >= 0.6 is 0 Å². The normalized spacial score (nSPS) is 17.4. The smallest absolute Gasteiger partial charge is 0.254 e. The molecule has 0 saturated carbocycles. The Kier molecular flexibility index (Phi) is 5.74. The Morgan fingerprint density at radius 3 is 2.38 bits per heavy atom. The van der Waals surface area contributed by atoms with Crippen molar-refractivity contribution in [2.75, 3.05) is 36.4 Å². The maximum Gasteiger partial charge on any atom is 0.254 e. The molecule has 2 aliphatic rings. The molecule has 2 aromatic rings. The van der Waals surface area contributed by atoms with Crippen LogP contribution in [0.25, 0.3) is 0 Å². The van der Waals surface area contributed by atoms with E-state index >= 15 is 0 Å². The number of hydrogen-bond acceptors (Lipinski definition) is 4. The van der Waals surface area contributed by atoms with E-state index in [0.717, 1.165) is 31.7 Å². The molecule has 1 N–H and O–H groups in total. The second-order valence-corrected chi connectivity index (χ2v) is 7.66. The first-order chi connectivity index (χ1) is 14.1. The highest BCUT2D eigenvalue weighted by Gasteiger charge is 2.26. The standard InChI is InChI=1S/C22H25FN4O2/c23-18-3-5-19(6-4-18)25-21(28)16-8-13-26(14-9-16)20-15-17(7-10-24-20)22(29)27-11-1-2-12-27/h3-7,10,15-16H,1-2,8-9,11-14H2,(H,25,28). The number of pyridine rings is 1. The Morgan fingerprint density at radius 2 is 1.69 bits per heavy atom. The van der Waals surface area contributed by atoms with Crippen LogP contribution in [0.2, 0.25) is 0 Å². The molecule has 1 aromatic heterocycles. The predicted octanol–water partition coefficient (Wildman–Crippen LogP) is 3.31. The van der Waals surface area contributed by atoms with Crippen LogP contribution in [0.3, 0.4) is 0 Å². The van der Waals surface area contributed by atoms with Crippen molar-refractivity contribution >= 4 is 23.3 Å². The fraction of sp³-hybridized carbons (Fsp3) is 0.409. The van der Waals surface area contributed by atoms with Crippen molar-refractivity contribution in [1.29, 1.82) is 0 Å². The molecule has 0 radical (unpaired) electrons. The Bertz CT molecular complexity index is 873. The molecule has 6 nitrogen and oxygen atoms in total. The van der Waals surface area contributed by atoms with Gasteiger partial charge in [0.15, 0.2) is 0 Å². The number of hydrogen-bond donors (Lipinski definition) is 1. The van der Waals surface area contributed by atoms with Gasteiger partial charge in [0, 0.05) is 49.5 Å². The predicted molar refractivity (Wildman–Crippen MR) is 109 cm³/mol. The Balaban J connectivity index is 1.34. The third-order valence-corrected chi connectivity index (χ3v) is 5.69. The number of rotatable bonds is 4. The average molecular weight is 396 g/mol. The number of anilines is 2. The summed E-state index contributed by atoms with van der Waals surface area (Å²) in [7, 11) is 0. The van der Waals surface area contributed by atoms with Gasteiger partial charge in [-0.1, -0.05) is 0 Å². The SMILES string of the molecule is O=C(Nc1ccc(F)cc1)C1CCN(c2cc(C(=O)N3CCCC3)ccn2)CC1. The van der Waals surface area contributed by atoms with E-state index in [1.165, 1.54) is 12.1 Å². The maximum absolute atomic E-state index is 13.0. The van der Waals surface area contributed by atoms with Gasteiger partial charge in [0.05, 0.1) is 0 Å². The number of amides is 2. The third kappa shape index (κ3) is 4.55. The molecule has 2 amide bonds. The molecule has 4 rings (SSSR count). The summed E-state index contributed by atoms with van der Waals surface area (Å²) in [5, 5.41) is 2.86. The van der Waals surface area contributed by atoms with Gasteiger partial charge in [-0.15, -0.1) is 0 Å². The molecule has 2 saturated heterocycles. The van der Waals surface area contributed by atoms with E-state index in [9.17, 15) is 14.0 Å². The number of piperidine rings is 1. The fourth-order valence-corrected chi connectivity index (χ4v) is 3.98. The zero-order chi connectivity index (χ0) is 20.2. The number of nitrogens with zero attached hydrogens (tertiary/aromatic N) is 3. The molecule has 0 aliphatic carbocycles. The molecular weight excluding hydrogens is 371 g/mol. The van der Waals surface area contributed by atoms with Crippen LogP contribution in [-0.2, 0) is 4.79 Å². The summed E-state index contributed by atoms with van der Waals surface area (Å²) in [6.45, 7) is 3.06. The summed E-state index contributed by atoms with van der Waals surface area (Å²) in [4.78, 5) is 33.6. The van der Waals surface area contributed by atoms with E-state index in [4.69, 9.17) is 0 Å². The number of halogens is 1. The second kappa shape index (κ2) is 8.59. The van der Waals surface area contributed by atoms with E-state index in [2.05, 4.69) is 15.2 Å². The van der Waals surface area contributed by atoms with Crippen molar-refractivity contribution in [3.8, 4) is 0 Å². The highest BCUT2D eigenvalue weighted by molar-refractivity contribution is 5.95. The minimum Gasteiger partial charge on any atom is -0.357 e. The van der Waals surface area contributed by atoms with Crippen molar-refractivity contribution in [1.82, 2.24) is 9.88 Å².